The summed E-state index contributed by atoms with van der Waals surface area (Å²) in [5.41, 5.74) is 12.7. The lowest BCUT2D eigenvalue weighted by Crippen LogP contribution is -2.21. The zero-order chi connectivity index (χ0) is 18.5. The Morgan fingerprint density at radius 3 is 2.41 bits per heavy atom. The maximum Gasteiger partial charge on any atom is 0.231 e. The lowest BCUT2D eigenvalue weighted by atomic mass is 10.2. The molecule has 0 aliphatic heterocycles. The van der Waals surface area contributed by atoms with Gasteiger partial charge in [-0.1, -0.05) is 18.2 Å². The van der Waals surface area contributed by atoms with Crippen molar-refractivity contribution in [3.05, 3.63) is 71.7 Å². The Hall–Kier alpha value is -3.39. The van der Waals surface area contributed by atoms with Gasteiger partial charge in [-0.25, -0.2) is 4.39 Å². The Labute approximate surface area is 161 Å². The van der Waals surface area contributed by atoms with Crippen LogP contribution < -0.4 is 16.2 Å². The number of guanidine groups is 1. The molecule has 1 heterocycles. The molecule has 0 atom stereocenters. The van der Waals surface area contributed by atoms with E-state index in [1.54, 1.807) is 4.68 Å². The molecule has 0 amide bonds. The number of halogens is 2. The first-order chi connectivity index (χ1) is 12.5. The Balaban J connectivity index is 0.00000261. The fourth-order valence-corrected chi connectivity index (χ4v) is 2.28. The van der Waals surface area contributed by atoms with Crippen molar-refractivity contribution >= 4 is 24.6 Å². The van der Waals surface area contributed by atoms with Crippen molar-refractivity contribution in [3.8, 4) is 17.3 Å². The number of ether oxygens (including phenoxy) is 1. The quantitative estimate of drug-likeness (QED) is 0.398. The van der Waals surface area contributed by atoms with Crippen LogP contribution in [-0.4, -0.2) is 22.0 Å². The number of para-hydroxylation sites is 1. The van der Waals surface area contributed by atoms with Crippen molar-refractivity contribution in [3.63, 3.8) is 0 Å². The van der Waals surface area contributed by atoms with Gasteiger partial charge in [0.1, 0.15) is 11.6 Å². The highest BCUT2D eigenvalue weighted by Crippen LogP contribution is 2.29. The van der Waals surface area contributed by atoms with Gasteiger partial charge in [0.15, 0.2) is 0 Å². The molecule has 2 aromatic carbocycles. The molecule has 3 aromatic rings. The van der Waals surface area contributed by atoms with Crippen molar-refractivity contribution in [1.29, 1.82) is 0 Å². The minimum absolute atomic E-state index is 0. The van der Waals surface area contributed by atoms with Crippen LogP contribution >= 0.6 is 12.4 Å². The van der Waals surface area contributed by atoms with Gasteiger partial charge in [0.2, 0.25) is 11.8 Å². The number of hydrogen-bond acceptors (Lipinski definition) is 4. The summed E-state index contributed by atoms with van der Waals surface area (Å²) in [6.07, 6.45) is 1.46. The van der Waals surface area contributed by atoms with Crippen LogP contribution in [0.1, 0.15) is 11.3 Å². The van der Waals surface area contributed by atoms with Crippen molar-refractivity contribution in [2.45, 2.75) is 6.92 Å². The molecule has 9 heteroatoms. The van der Waals surface area contributed by atoms with Gasteiger partial charge in [-0.15, -0.1) is 17.5 Å². The molecule has 0 bridgehead atoms. The summed E-state index contributed by atoms with van der Waals surface area (Å²) in [6, 6.07) is 15.2. The van der Waals surface area contributed by atoms with Crippen LogP contribution in [0.5, 0.6) is 11.6 Å². The fraction of sp³-hybridized carbons (Fsp3) is 0.0556. The molecular weight excluding hydrogens is 371 g/mol. The summed E-state index contributed by atoms with van der Waals surface area (Å²) in [5, 5.41) is 12.0. The van der Waals surface area contributed by atoms with Crippen molar-refractivity contribution in [2.24, 2.45) is 21.7 Å². The Morgan fingerprint density at radius 2 is 1.78 bits per heavy atom. The molecule has 1 aromatic heterocycles. The van der Waals surface area contributed by atoms with E-state index in [-0.39, 0.29) is 24.2 Å². The van der Waals surface area contributed by atoms with E-state index in [4.69, 9.17) is 16.2 Å². The van der Waals surface area contributed by atoms with Crippen molar-refractivity contribution < 1.29 is 9.13 Å². The van der Waals surface area contributed by atoms with Crippen LogP contribution in [0.15, 0.2) is 64.8 Å². The highest BCUT2D eigenvalue weighted by atomic mass is 35.5. The zero-order valence-electron chi connectivity index (χ0n) is 14.4. The number of aryl methyl sites for hydroxylation is 1. The molecule has 0 spiro atoms. The van der Waals surface area contributed by atoms with Gasteiger partial charge in [0.05, 0.1) is 23.2 Å². The van der Waals surface area contributed by atoms with Gasteiger partial charge in [-0.05, 0) is 43.3 Å². The smallest absolute Gasteiger partial charge is 0.231 e. The first-order valence-corrected chi connectivity index (χ1v) is 7.75. The summed E-state index contributed by atoms with van der Waals surface area (Å²) >= 11 is 0. The van der Waals surface area contributed by atoms with Crippen LogP contribution in [0.2, 0.25) is 0 Å². The van der Waals surface area contributed by atoms with Gasteiger partial charge in [-0.2, -0.15) is 14.9 Å². The van der Waals surface area contributed by atoms with E-state index in [2.05, 4.69) is 15.3 Å². The van der Waals surface area contributed by atoms with Crippen LogP contribution in [0.3, 0.4) is 0 Å². The topological polar surface area (TPSA) is 104 Å². The Bertz CT molecular complexity index is 950. The van der Waals surface area contributed by atoms with E-state index in [9.17, 15) is 4.39 Å². The number of nitrogens with two attached hydrogens (primary N) is 2. The number of hydrogen-bond donors (Lipinski definition) is 2. The molecule has 0 saturated carbocycles. The van der Waals surface area contributed by atoms with Gasteiger partial charge >= 0.3 is 0 Å². The zero-order valence-corrected chi connectivity index (χ0v) is 15.2. The van der Waals surface area contributed by atoms with Crippen LogP contribution in [0.25, 0.3) is 5.69 Å². The third-order valence-electron chi connectivity index (χ3n) is 3.45. The average molecular weight is 389 g/mol. The maximum absolute atomic E-state index is 13.2. The summed E-state index contributed by atoms with van der Waals surface area (Å²) in [4.78, 5) is 0. The average Bonchev–Trinajstić information content (AvgIpc) is 2.93. The number of aromatic nitrogens is 2. The number of benzene rings is 2. The highest BCUT2D eigenvalue weighted by Gasteiger charge is 2.17. The Morgan fingerprint density at radius 1 is 1.11 bits per heavy atom. The fourth-order valence-electron chi connectivity index (χ4n) is 2.28. The van der Waals surface area contributed by atoms with E-state index >= 15 is 0 Å². The predicted octanol–water partition coefficient (Wildman–Crippen LogP) is 3.14. The summed E-state index contributed by atoms with van der Waals surface area (Å²) in [7, 11) is 0. The van der Waals surface area contributed by atoms with Gasteiger partial charge in [-0.3, -0.25) is 0 Å². The largest absolute Gasteiger partial charge is 0.438 e. The van der Waals surface area contributed by atoms with Crippen LogP contribution in [-0.2, 0) is 0 Å². The molecule has 3 rings (SSSR count). The molecule has 27 heavy (non-hydrogen) atoms. The van der Waals surface area contributed by atoms with Crippen LogP contribution in [0.4, 0.5) is 4.39 Å². The summed E-state index contributed by atoms with van der Waals surface area (Å²) < 4.78 is 20.8. The Kier molecular flexibility index (Phi) is 6.51. The predicted molar refractivity (Wildman–Crippen MR) is 105 cm³/mol. The van der Waals surface area contributed by atoms with Gasteiger partial charge in [0.25, 0.3) is 0 Å². The third kappa shape index (κ3) is 4.83. The molecule has 0 fully saturated rings. The van der Waals surface area contributed by atoms with Crippen molar-refractivity contribution in [2.75, 3.05) is 0 Å². The van der Waals surface area contributed by atoms with Gasteiger partial charge < -0.3 is 16.2 Å². The molecule has 140 valence electrons. The summed E-state index contributed by atoms with van der Waals surface area (Å²) in [6.45, 7) is 1.81. The lowest BCUT2D eigenvalue weighted by molar-refractivity contribution is 0.442. The van der Waals surface area contributed by atoms with E-state index in [1.165, 1.54) is 30.5 Å². The van der Waals surface area contributed by atoms with E-state index < -0.39 is 0 Å². The molecule has 0 aliphatic carbocycles. The first-order valence-electron chi connectivity index (χ1n) is 7.75. The SMILES string of the molecule is Cc1nn(-c2ccccc2)c(Oc2ccc(F)cc2)c1/C=N\N=C(N)N.Cl. The standard InChI is InChI=1S/C18H17FN6O.ClH/c1-12-16(11-22-23-18(20)21)17(26-15-9-7-13(19)8-10-15)25(24-12)14-5-3-2-4-6-14;/h2-11H,1H3,(H4,20,21,23);1H/b22-11-;. The normalized spacial score (nSPS) is 10.4. The molecule has 4 N–H and O–H groups in total. The van der Waals surface area contributed by atoms with E-state index in [0.717, 1.165) is 5.69 Å². The maximum atomic E-state index is 13.2. The second-order valence-corrected chi connectivity index (χ2v) is 5.38. The minimum atomic E-state index is -0.348. The molecule has 7 nitrogen and oxygen atoms in total. The second-order valence-electron chi connectivity index (χ2n) is 5.38. The molecule has 0 aliphatic rings. The lowest BCUT2D eigenvalue weighted by Gasteiger charge is -2.10. The summed E-state index contributed by atoms with van der Waals surface area (Å²) in [5.74, 6) is 0.366. The monoisotopic (exact) mass is 388 g/mol. The molecular formula is C18H18ClFN6O. The van der Waals surface area contributed by atoms with E-state index in [0.29, 0.717) is 22.9 Å². The highest BCUT2D eigenvalue weighted by molar-refractivity contribution is 5.86. The molecule has 0 radical (unpaired) electrons. The molecule has 0 saturated heterocycles. The van der Waals surface area contributed by atoms with Crippen LogP contribution in [0, 0.1) is 12.7 Å². The van der Waals surface area contributed by atoms with E-state index in [1.807, 2.05) is 37.3 Å². The number of nitrogens with zero attached hydrogens (tertiary/aromatic N) is 4. The number of rotatable bonds is 5. The minimum Gasteiger partial charge on any atom is -0.438 e. The second kappa shape index (κ2) is 8.81. The van der Waals surface area contributed by atoms with Gasteiger partial charge in [0, 0.05) is 0 Å². The van der Waals surface area contributed by atoms with Crippen molar-refractivity contribution in [1.82, 2.24) is 9.78 Å². The third-order valence-corrected chi connectivity index (χ3v) is 3.45. The first kappa shape index (κ1) is 19.9. The molecule has 0 unspecified atom stereocenters.